The maximum Gasteiger partial charge on any atom is 0.243 e. The van der Waals surface area contributed by atoms with Crippen molar-refractivity contribution in [3.8, 4) is 0 Å². The molecule has 1 aromatic carbocycles. The van der Waals surface area contributed by atoms with E-state index in [0.717, 1.165) is 25.1 Å². The van der Waals surface area contributed by atoms with E-state index in [1.807, 2.05) is 13.0 Å². The molecule has 1 atom stereocenters. The third-order valence-corrected chi connectivity index (χ3v) is 5.85. The molecule has 6 heteroatoms. The van der Waals surface area contributed by atoms with E-state index in [4.69, 9.17) is 4.74 Å². The van der Waals surface area contributed by atoms with Crippen molar-refractivity contribution >= 4 is 15.7 Å². The zero-order valence-corrected chi connectivity index (χ0v) is 12.4. The smallest absolute Gasteiger partial charge is 0.243 e. The van der Waals surface area contributed by atoms with Crippen molar-refractivity contribution in [3.05, 3.63) is 23.8 Å². The Morgan fingerprint density at radius 3 is 3.10 bits per heavy atom. The van der Waals surface area contributed by atoms with Crippen molar-refractivity contribution in [3.63, 3.8) is 0 Å². The van der Waals surface area contributed by atoms with Crippen molar-refractivity contribution < 1.29 is 13.2 Å². The zero-order valence-electron chi connectivity index (χ0n) is 11.6. The molecule has 0 amide bonds. The van der Waals surface area contributed by atoms with Crippen LogP contribution in [0.2, 0.25) is 0 Å². The number of ether oxygens (including phenoxy) is 1. The van der Waals surface area contributed by atoms with Crippen LogP contribution >= 0.6 is 0 Å². The molecule has 1 saturated heterocycles. The van der Waals surface area contributed by atoms with Gasteiger partial charge >= 0.3 is 0 Å². The fourth-order valence-corrected chi connectivity index (χ4v) is 4.22. The Labute approximate surface area is 120 Å². The first-order valence-corrected chi connectivity index (χ1v) is 8.54. The van der Waals surface area contributed by atoms with Gasteiger partial charge in [-0.05, 0) is 30.5 Å². The normalized spacial score (nSPS) is 23.4. The van der Waals surface area contributed by atoms with Gasteiger partial charge in [-0.2, -0.15) is 4.31 Å². The van der Waals surface area contributed by atoms with Crippen LogP contribution < -0.4 is 5.32 Å². The fraction of sp³-hybridized carbons (Fsp3) is 0.571. The Bertz CT molecular complexity index is 600. The van der Waals surface area contributed by atoms with Crippen LogP contribution in [0.1, 0.15) is 18.9 Å². The van der Waals surface area contributed by atoms with E-state index in [1.165, 1.54) is 5.56 Å². The lowest BCUT2D eigenvalue weighted by Crippen LogP contribution is -2.45. The summed E-state index contributed by atoms with van der Waals surface area (Å²) in [5, 5.41) is 3.23. The molecule has 5 nitrogen and oxygen atoms in total. The first-order valence-electron chi connectivity index (χ1n) is 7.10. The van der Waals surface area contributed by atoms with Crippen LogP contribution in [0.25, 0.3) is 0 Å². The van der Waals surface area contributed by atoms with Gasteiger partial charge in [0, 0.05) is 25.3 Å². The molecule has 0 spiro atoms. The topological polar surface area (TPSA) is 58.6 Å². The van der Waals surface area contributed by atoms with Gasteiger partial charge in [0.25, 0.3) is 0 Å². The van der Waals surface area contributed by atoms with Gasteiger partial charge in [-0.15, -0.1) is 0 Å². The molecule has 3 rings (SSSR count). The molecule has 0 aromatic heterocycles. The maximum atomic E-state index is 12.7. The van der Waals surface area contributed by atoms with Gasteiger partial charge in [-0.3, -0.25) is 0 Å². The molecule has 0 bridgehead atoms. The van der Waals surface area contributed by atoms with Gasteiger partial charge in [0.1, 0.15) is 0 Å². The molecule has 0 saturated carbocycles. The number of fused-ring (bicyclic) bond motifs is 1. The predicted molar refractivity (Wildman–Crippen MR) is 77.4 cm³/mol. The van der Waals surface area contributed by atoms with Gasteiger partial charge in [-0.25, -0.2) is 8.42 Å². The minimum absolute atomic E-state index is 0.00563. The molecule has 1 aromatic rings. The second kappa shape index (κ2) is 5.35. The molecule has 1 fully saturated rings. The Balaban J connectivity index is 1.87. The molecular formula is C14H20N2O3S. The summed E-state index contributed by atoms with van der Waals surface area (Å²) in [5.41, 5.74) is 2.14. The molecule has 20 heavy (non-hydrogen) atoms. The van der Waals surface area contributed by atoms with Crippen molar-refractivity contribution in [2.75, 3.05) is 31.6 Å². The van der Waals surface area contributed by atoms with Gasteiger partial charge in [-0.1, -0.05) is 13.0 Å². The molecule has 1 N–H and O–H groups in total. The average Bonchev–Trinajstić information content (AvgIpc) is 2.94. The first kappa shape index (κ1) is 13.9. The quantitative estimate of drug-likeness (QED) is 0.917. The number of hydrogen-bond acceptors (Lipinski definition) is 4. The number of anilines is 1. The van der Waals surface area contributed by atoms with Gasteiger partial charge in [0.05, 0.1) is 17.6 Å². The highest BCUT2D eigenvalue weighted by Gasteiger charge is 2.30. The number of nitrogens with one attached hydrogen (secondary N) is 1. The summed E-state index contributed by atoms with van der Waals surface area (Å²) in [7, 11) is -3.41. The lowest BCUT2D eigenvalue weighted by molar-refractivity contribution is -0.00277. The summed E-state index contributed by atoms with van der Waals surface area (Å²) in [5.74, 6) is 0. The largest absolute Gasteiger partial charge is 0.384 e. The van der Waals surface area contributed by atoms with Crippen LogP contribution in [-0.4, -0.2) is 45.1 Å². The number of benzene rings is 1. The number of hydrogen-bond donors (Lipinski definition) is 1. The van der Waals surface area contributed by atoms with E-state index in [0.29, 0.717) is 24.6 Å². The SMILES string of the molecule is CCC1CN(S(=O)(=O)c2ccc3c(c2)NCC3)CCO1. The first-order chi connectivity index (χ1) is 9.61. The van der Waals surface area contributed by atoms with E-state index in [2.05, 4.69) is 5.32 Å². The summed E-state index contributed by atoms with van der Waals surface area (Å²) in [6.07, 6.45) is 1.80. The Morgan fingerprint density at radius 1 is 1.45 bits per heavy atom. The number of sulfonamides is 1. The number of nitrogens with zero attached hydrogens (tertiary/aromatic N) is 1. The van der Waals surface area contributed by atoms with E-state index in [9.17, 15) is 8.42 Å². The molecule has 1 unspecified atom stereocenters. The van der Waals surface area contributed by atoms with Gasteiger partial charge in [0.15, 0.2) is 0 Å². The van der Waals surface area contributed by atoms with E-state index in [1.54, 1.807) is 16.4 Å². The minimum Gasteiger partial charge on any atom is -0.384 e. The van der Waals surface area contributed by atoms with Crippen LogP contribution in [0.3, 0.4) is 0 Å². The lowest BCUT2D eigenvalue weighted by Gasteiger charge is -2.31. The van der Waals surface area contributed by atoms with Crippen LogP contribution in [0.15, 0.2) is 23.1 Å². The summed E-state index contributed by atoms with van der Waals surface area (Å²) in [6.45, 7) is 4.25. The summed E-state index contributed by atoms with van der Waals surface area (Å²) < 4.78 is 32.5. The van der Waals surface area contributed by atoms with E-state index in [-0.39, 0.29) is 6.10 Å². The molecular weight excluding hydrogens is 276 g/mol. The second-order valence-corrected chi connectivity index (χ2v) is 7.20. The van der Waals surface area contributed by atoms with E-state index < -0.39 is 10.0 Å². The zero-order chi connectivity index (χ0) is 14.2. The monoisotopic (exact) mass is 296 g/mol. The number of morpholine rings is 1. The fourth-order valence-electron chi connectivity index (χ4n) is 2.74. The molecule has 110 valence electrons. The highest BCUT2D eigenvalue weighted by atomic mass is 32.2. The molecule has 0 radical (unpaired) electrons. The lowest BCUT2D eigenvalue weighted by atomic mass is 10.2. The van der Waals surface area contributed by atoms with Crippen molar-refractivity contribution in [2.45, 2.75) is 30.8 Å². The van der Waals surface area contributed by atoms with Crippen LogP contribution in [0.5, 0.6) is 0 Å². The maximum absolute atomic E-state index is 12.7. The Kier molecular flexibility index (Phi) is 3.70. The van der Waals surface area contributed by atoms with Crippen LogP contribution in [0.4, 0.5) is 5.69 Å². The highest BCUT2D eigenvalue weighted by Crippen LogP contribution is 2.27. The van der Waals surface area contributed by atoms with Gasteiger partial charge in [0.2, 0.25) is 10.0 Å². The third kappa shape index (κ3) is 2.43. The summed E-state index contributed by atoms with van der Waals surface area (Å²) in [4.78, 5) is 0.377. The Morgan fingerprint density at radius 2 is 2.30 bits per heavy atom. The van der Waals surface area contributed by atoms with Crippen LogP contribution in [0, 0.1) is 0 Å². The number of rotatable bonds is 3. The van der Waals surface area contributed by atoms with Gasteiger partial charge < -0.3 is 10.1 Å². The molecule has 2 heterocycles. The Hall–Kier alpha value is -1.11. The van der Waals surface area contributed by atoms with Crippen molar-refractivity contribution in [1.82, 2.24) is 4.31 Å². The standard InChI is InChI=1S/C14H20N2O3S/c1-2-12-10-16(7-8-19-12)20(17,18)13-4-3-11-5-6-15-14(11)9-13/h3-4,9,12,15H,2,5-8,10H2,1H3. The third-order valence-electron chi connectivity index (χ3n) is 3.99. The summed E-state index contributed by atoms with van der Waals surface area (Å²) in [6, 6.07) is 5.39. The van der Waals surface area contributed by atoms with Crippen LogP contribution in [-0.2, 0) is 21.2 Å². The molecule has 2 aliphatic rings. The van der Waals surface area contributed by atoms with E-state index >= 15 is 0 Å². The predicted octanol–water partition coefficient (Wildman–Crippen LogP) is 1.45. The summed E-state index contributed by atoms with van der Waals surface area (Å²) >= 11 is 0. The highest BCUT2D eigenvalue weighted by molar-refractivity contribution is 7.89. The molecule has 0 aliphatic carbocycles. The second-order valence-electron chi connectivity index (χ2n) is 5.26. The average molecular weight is 296 g/mol. The minimum atomic E-state index is -3.41. The van der Waals surface area contributed by atoms with Crippen molar-refractivity contribution in [2.24, 2.45) is 0 Å². The van der Waals surface area contributed by atoms with Crippen molar-refractivity contribution in [1.29, 1.82) is 0 Å². The molecule has 2 aliphatic heterocycles.